The molecule has 1 rings (SSSR count). The fraction of sp³-hybridized carbons (Fsp3) is 0.667. The fourth-order valence-electron chi connectivity index (χ4n) is 1.43. The van der Waals surface area contributed by atoms with Crippen molar-refractivity contribution in [3.8, 4) is 0 Å². The van der Waals surface area contributed by atoms with E-state index in [1.807, 2.05) is 6.26 Å². The van der Waals surface area contributed by atoms with Crippen LogP contribution in [0, 0.1) is 6.92 Å². The first kappa shape index (κ1) is 14.5. The molecule has 0 aliphatic rings. The molecule has 0 aromatic carbocycles. The van der Waals surface area contributed by atoms with Gasteiger partial charge in [0.05, 0.1) is 18.5 Å². The minimum Gasteiger partial charge on any atom is -0.395 e. The number of hydrogen-bond acceptors (Lipinski definition) is 5. The number of nitrogens with one attached hydrogen (secondary N) is 2. The topological polar surface area (TPSA) is 95.1 Å². The maximum absolute atomic E-state index is 12.0. The van der Waals surface area contributed by atoms with Crippen molar-refractivity contribution >= 4 is 21.8 Å². The van der Waals surface area contributed by atoms with E-state index in [9.17, 15) is 8.42 Å². The van der Waals surface area contributed by atoms with Crippen molar-refractivity contribution in [1.29, 1.82) is 0 Å². The molecule has 1 aromatic rings. The number of thioether (sulfide) groups is 1. The van der Waals surface area contributed by atoms with Crippen LogP contribution in [0.15, 0.2) is 11.1 Å². The first-order valence-electron chi connectivity index (χ1n) is 5.08. The van der Waals surface area contributed by atoms with Gasteiger partial charge in [-0.05, 0) is 20.1 Å². The highest BCUT2D eigenvalue weighted by molar-refractivity contribution is 7.99. The van der Waals surface area contributed by atoms with E-state index in [0.29, 0.717) is 5.69 Å². The van der Waals surface area contributed by atoms with Crippen LogP contribution in [0.4, 0.5) is 0 Å². The third kappa shape index (κ3) is 3.44. The monoisotopic (exact) mass is 279 g/mol. The van der Waals surface area contributed by atoms with Gasteiger partial charge in [-0.2, -0.15) is 16.9 Å². The molecule has 0 radical (unpaired) electrons. The first-order valence-corrected chi connectivity index (χ1v) is 7.85. The summed E-state index contributed by atoms with van der Waals surface area (Å²) in [7, 11) is -3.58. The summed E-state index contributed by atoms with van der Waals surface area (Å²) in [5.41, 5.74) is 0.495. The number of hydrogen-bond donors (Lipinski definition) is 3. The Kier molecular flexibility index (Phi) is 4.99. The largest absolute Gasteiger partial charge is 0.395 e. The molecule has 0 amide bonds. The Morgan fingerprint density at radius 2 is 2.29 bits per heavy atom. The van der Waals surface area contributed by atoms with Crippen LogP contribution in [-0.2, 0) is 10.0 Å². The van der Waals surface area contributed by atoms with E-state index in [-0.39, 0.29) is 22.8 Å². The average Bonchev–Trinajstić information content (AvgIpc) is 2.66. The smallest absolute Gasteiger partial charge is 0.244 e. The second-order valence-corrected chi connectivity index (χ2v) is 6.49. The van der Waals surface area contributed by atoms with Crippen LogP contribution in [0.2, 0.25) is 0 Å². The van der Waals surface area contributed by atoms with Gasteiger partial charge >= 0.3 is 0 Å². The molecule has 0 fully saturated rings. The Labute approximate surface area is 105 Å². The lowest BCUT2D eigenvalue weighted by atomic mass is 10.3. The second-order valence-electron chi connectivity index (χ2n) is 3.73. The van der Waals surface area contributed by atoms with Gasteiger partial charge in [0, 0.05) is 11.3 Å². The lowest BCUT2D eigenvalue weighted by Crippen LogP contribution is -2.41. The highest BCUT2D eigenvalue weighted by Crippen LogP contribution is 2.15. The van der Waals surface area contributed by atoms with Crippen LogP contribution < -0.4 is 4.72 Å². The zero-order valence-corrected chi connectivity index (χ0v) is 11.6. The predicted molar refractivity (Wildman–Crippen MR) is 67.5 cm³/mol. The molecule has 2 atom stereocenters. The molecule has 0 saturated heterocycles. The second kappa shape index (κ2) is 5.85. The predicted octanol–water partition coefficient (Wildman–Crippen LogP) is 0.109. The third-order valence-electron chi connectivity index (χ3n) is 2.45. The van der Waals surface area contributed by atoms with Crippen molar-refractivity contribution in [1.82, 2.24) is 14.9 Å². The van der Waals surface area contributed by atoms with Crippen LogP contribution in [0.1, 0.15) is 12.6 Å². The summed E-state index contributed by atoms with van der Waals surface area (Å²) in [6, 6.07) is -0.353. The lowest BCUT2D eigenvalue weighted by Gasteiger charge is -2.20. The SMILES string of the molecule is CSC(CO)C(C)NS(=O)(=O)c1cn[nH]c1C. The van der Waals surface area contributed by atoms with E-state index in [2.05, 4.69) is 14.9 Å². The van der Waals surface area contributed by atoms with Gasteiger partial charge in [-0.1, -0.05) is 0 Å². The van der Waals surface area contributed by atoms with Gasteiger partial charge in [0.15, 0.2) is 0 Å². The van der Waals surface area contributed by atoms with E-state index < -0.39 is 10.0 Å². The van der Waals surface area contributed by atoms with E-state index in [1.54, 1.807) is 13.8 Å². The number of aliphatic hydroxyl groups excluding tert-OH is 1. The Morgan fingerprint density at radius 1 is 1.65 bits per heavy atom. The standard InChI is InChI=1S/C9H17N3O3S2/c1-6(8(5-13)16-3)12-17(14,15)9-4-10-11-7(9)2/h4,6,8,12-13H,5H2,1-3H3,(H,10,11). The molecule has 0 bridgehead atoms. The van der Waals surface area contributed by atoms with Crippen LogP contribution >= 0.6 is 11.8 Å². The normalized spacial score (nSPS) is 15.8. The van der Waals surface area contributed by atoms with Gasteiger partial charge in [-0.3, -0.25) is 5.10 Å². The van der Waals surface area contributed by atoms with E-state index >= 15 is 0 Å². The molecule has 3 N–H and O–H groups in total. The number of nitrogens with zero attached hydrogens (tertiary/aromatic N) is 1. The highest BCUT2D eigenvalue weighted by Gasteiger charge is 2.24. The molecule has 0 spiro atoms. The maximum atomic E-state index is 12.0. The van der Waals surface area contributed by atoms with Gasteiger partial charge in [0.1, 0.15) is 4.90 Å². The van der Waals surface area contributed by atoms with Crippen molar-refractivity contribution in [2.75, 3.05) is 12.9 Å². The van der Waals surface area contributed by atoms with Crippen molar-refractivity contribution in [3.05, 3.63) is 11.9 Å². The molecule has 1 heterocycles. The molecule has 17 heavy (non-hydrogen) atoms. The minimum atomic E-state index is -3.58. The minimum absolute atomic E-state index is 0.0742. The molecule has 2 unspecified atom stereocenters. The average molecular weight is 279 g/mol. The summed E-state index contributed by atoms with van der Waals surface area (Å²) in [4.78, 5) is 0.141. The number of aromatic nitrogens is 2. The molecular formula is C9H17N3O3S2. The van der Waals surface area contributed by atoms with Gasteiger partial charge in [0.2, 0.25) is 10.0 Å². The summed E-state index contributed by atoms with van der Waals surface area (Å²) in [6.45, 7) is 3.30. The molecule has 0 aliphatic carbocycles. The first-order chi connectivity index (χ1) is 7.92. The van der Waals surface area contributed by atoms with Crippen molar-refractivity contribution in [2.45, 2.75) is 30.0 Å². The van der Waals surface area contributed by atoms with Gasteiger partial charge in [-0.15, -0.1) is 0 Å². The Balaban J connectivity index is 2.84. The highest BCUT2D eigenvalue weighted by atomic mass is 32.2. The summed E-state index contributed by atoms with van der Waals surface area (Å²) in [5.74, 6) is 0. The molecular weight excluding hydrogens is 262 g/mol. The summed E-state index contributed by atoms with van der Waals surface area (Å²) in [5, 5.41) is 15.2. The van der Waals surface area contributed by atoms with E-state index in [4.69, 9.17) is 5.11 Å². The lowest BCUT2D eigenvalue weighted by molar-refractivity contribution is 0.282. The number of aromatic amines is 1. The zero-order valence-electron chi connectivity index (χ0n) is 9.97. The summed E-state index contributed by atoms with van der Waals surface area (Å²) in [6.07, 6.45) is 3.10. The van der Waals surface area contributed by atoms with Gasteiger partial charge < -0.3 is 5.11 Å². The van der Waals surface area contributed by atoms with Crippen molar-refractivity contribution in [2.24, 2.45) is 0 Å². The summed E-state index contributed by atoms with van der Waals surface area (Å²) < 4.78 is 26.5. The Hall–Kier alpha value is -0.570. The van der Waals surface area contributed by atoms with Crippen LogP contribution in [0.3, 0.4) is 0 Å². The van der Waals surface area contributed by atoms with E-state index in [0.717, 1.165) is 0 Å². The maximum Gasteiger partial charge on any atom is 0.244 e. The molecule has 6 nitrogen and oxygen atoms in total. The molecule has 98 valence electrons. The Bertz CT molecular complexity index is 454. The quantitative estimate of drug-likeness (QED) is 0.687. The Morgan fingerprint density at radius 3 is 2.71 bits per heavy atom. The molecule has 0 aliphatic heterocycles. The fourth-order valence-corrected chi connectivity index (χ4v) is 3.56. The number of sulfonamides is 1. The number of rotatable bonds is 6. The molecule has 0 saturated carbocycles. The molecule has 8 heteroatoms. The van der Waals surface area contributed by atoms with Gasteiger partial charge in [0.25, 0.3) is 0 Å². The number of aliphatic hydroxyl groups is 1. The van der Waals surface area contributed by atoms with Gasteiger partial charge in [-0.25, -0.2) is 13.1 Å². The van der Waals surface area contributed by atoms with Crippen LogP contribution in [0.5, 0.6) is 0 Å². The number of H-pyrrole nitrogens is 1. The van der Waals surface area contributed by atoms with Crippen LogP contribution in [0.25, 0.3) is 0 Å². The van der Waals surface area contributed by atoms with Crippen molar-refractivity contribution in [3.63, 3.8) is 0 Å². The summed E-state index contributed by atoms with van der Waals surface area (Å²) >= 11 is 1.42. The van der Waals surface area contributed by atoms with E-state index in [1.165, 1.54) is 18.0 Å². The zero-order chi connectivity index (χ0) is 13.1. The van der Waals surface area contributed by atoms with Crippen molar-refractivity contribution < 1.29 is 13.5 Å². The molecule has 1 aromatic heterocycles. The third-order valence-corrected chi connectivity index (χ3v) is 5.29. The number of aryl methyl sites for hydroxylation is 1. The van der Waals surface area contributed by atoms with Crippen LogP contribution in [-0.4, -0.2) is 47.9 Å².